The van der Waals surface area contributed by atoms with Gasteiger partial charge in [-0.05, 0) is 114 Å². The highest BCUT2D eigenvalue weighted by Gasteiger charge is 2.22. The van der Waals surface area contributed by atoms with E-state index in [1.807, 2.05) is 85.2 Å². The lowest BCUT2D eigenvalue weighted by Gasteiger charge is -2.11. The number of nitrogens with zero attached hydrogens (tertiary/aromatic N) is 6. The lowest BCUT2D eigenvalue weighted by molar-refractivity contribution is 1.18. The molecule has 0 unspecified atom stereocenters. The molecule has 2 aliphatic rings. The van der Waals surface area contributed by atoms with E-state index in [2.05, 4.69) is 104 Å². The van der Waals surface area contributed by atoms with Crippen molar-refractivity contribution < 1.29 is 0 Å². The van der Waals surface area contributed by atoms with Crippen LogP contribution in [0.4, 0.5) is 0 Å². The van der Waals surface area contributed by atoms with Crippen molar-refractivity contribution >= 4 is 32.7 Å². The van der Waals surface area contributed by atoms with Crippen LogP contribution in [0, 0.1) is 0 Å². The second-order valence-corrected chi connectivity index (χ2v) is 13.8. The minimum Gasteiger partial charge on any atom is -0.361 e. The Labute approximate surface area is 322 Å². The maximum absolute atomic E-state index is 5.01. The molecule has 7 nitrogen and oxygen atoms in total. The second kappa shape index (κ2) is 13.0. The summed E-state index contributed by atoms with van der Waals surface area (Å²) in [6.45, 7) is 0. The summed E-state index contributed by atoms with van der Waals surface area (Å²) in [5.41, 5.74) is 16.0. The summed E-state index contributed by atoms with van der Waals surface area (Å²) in [5, 5.41) is 3.40. The number of fused-ring (bicyclic) bond motifs is 6. The molecule has 1 aliphatic carbocycles. The fourth-order valence-electron chi connectivity index (χ4n) is 8.03. The quantitative estimate of drug-likeness (QED) is 0.185. The first-order chi connectivity index (χ1) is 27.8. The molecule has 11 rings (SSSR count). The summed E-state index contributed by atoms with van der Waals surface area (Å²) in [5.74, 6) is 0. The van der Waals surface area contributed by atoms with Crippen molar-refractivity contribution in [3.05, 3.63) is 183 Å². The molecule has 7 heterocycles. The normalized spacial score (nSPS) is 11.6. The molecule has 56 heavy (non-hydrogen) atoms. The van der Waals surface area contributed by atoms with Crippen LogP contribution in [0.1, 0.15) is 0 Å². The number of hydrogen-bond acceptors (Lipinski definition) is 5. The highest BCUT2D eigenvalue weighted by atomic mass is 15.0. The molecule has 262 valence electrons. The summed E-state index contributed by atoms with van der Waals surface area (Å²) in [6.07, 6.45) is 7.46. The standard InChI is InChI=1S/C49H31N7/c1-3-24-50-41(13-1)43-17-6-15-39(54-43)31-20-22-35-37(29-31)48-36(12-8-26-52-48)47(35)33-10-5-11-34(28-33)56-45-23-21-32(30-38(45)49-46(56)19-9-27-53-49)40-16-7-18-44(55-40)42-14-2-4-25-51-42/h1-30,52H. The van der Waals surface area contributed by atoms with Gasteiger partial charge < -0.3 is 9.55 Å². The molecular formula is C49H31N7. The van der Waals surface area contributed by atoms with Gasteiger partial charge in [-0.15, -0.1) is 0 Å². The molecule has 9 aromatic rings. The van der Waals surface area contributed by atoms with Crippen LogP contribution < -0.4 is 0 Å². The first kappa shape index (κ1) is 31.7. The Balaban J connectivity index is 1.03. The van der Waals surface area contributed by atoms with Gasteiger partial charge in [0, 0.05) is 57.9 Å². The average Bonchev–Trinajstić information content (AvgIpc) is 3.79. The van der Waals surface area contributed by atoms with Gasteiger partial charge in [-0.3, -0.25) is 15.0 Å². The molecule has 0 saturated carbocycles. The zero-order valence-corrected chi connectivity index (χ0v) is 30.0. The average molecular weight is 718 g/mol. The first-order valence-corrected chi connectivity index (χ1v) is 18.6. The van der Waals surface area contributed by atoms with Crippen LogP contribution in [0.15, 0.2) is 183 Å². The Morgan fingerprint density at radius 3 is 1.80 bits per heavy atom. The summed E-state index contributed by atoms with van der Waals surface area (Å²) in [4.78, 5) is 27.5. The van der Waals surface area contributed by atoms with Crippen molar-refractivity contribution in [1.29, 1.82) is 0 Å². The number of aromatic nitrogens is 7. The van der Waals surface area contributed by atoms with Gasteiger partial charge in [0.15, 0.2) is 0 Å². The maximum atomic E-state index is 5.01. The Hall–Kier alpha value is -7.77. The molecule has 1 aliphatic heterocycles. The Morgan fingerprint density at radius 1 is 0.411 bits per heavy atom. The number of pyridine rings is 6. The first-order valence-electron chi connectivity index (χ1n) is 18.6. The molecule has 7 heteroatoms. The lowest BCUT2D eigenvalue weighted by Crippen LogP contribution is -1.95. The lowest BCUT2D eigenvalue weighted by atomic mass is 10.00. The monoisotopic (exact) mass is 717 g/mol. The molecule has 3 aromatic carbocycles. The highest BCUT2D eigenvalue weighted by Crippen LogP contribution is 2.46. The van der Waals surface area contributed by atoms with Crippen molar-refractivity contribution in [2.75, 3.05) is 0 Å². The van der Waals surface area contributed by atoms with Crippen LogP contribution in [0.3, 0.4) is 0 Å². The van der Waals surface area contributed by atoms with E-state index < -0.39 is 0 Å². The molecule has 1 N–H and O–H groups in total. The number of rotatable bonds is 6. The van der Waals surface area contributed by atoms with Crippen molar-refractivity contribution in [1.82, 2.24) is 34.5 Å². The predicted octanol–water partition coefficient (Wildman–Crippen LogP) is 11.7. The Kier molecular flexibility index (Phi) is 7.35. The largest absolute Gasteiger partial charge is 0.361 e. The van der Waals surface area contributed by atoms with E-state index in [0.717, 1.165) is 89.6 Å². The predicted molar refractivity (Wildman–Crippen MR) is 225 cm³/mol. The Bertz CT molecular complexity index is 3200. The number of hydrogen-bond donors (Lipinski definition) is 1. The number of H-pyrrole nitrogens is 1. The van der Waals surface area contributed by atoms with Crippen LogP contribution in [0.25, 0.3) is 106 Å². The molecule has 0 saturated heterocycles. The minimum absolute atomic E-state index is 0.841. The van der Waals surface area contributed by atoms with Gasteiger partial charge in [0.05, 0.1) is 56.4 Å². The third-order valence-electron chi connectivity index (χ3n) is 10.5. The molecule has 0 amide bonds. The fourth-order valence-corrected chi connectivity index (χ4v) is 8.03. The van der Waals surface area contributed by atoms with Gasteiger partial charge in [0.1, 0.15) is 0 Å². The van der Waals surface area contributed by atoms with Gasteiger partial charge in [-0.2, -0.15) is 0 Å². The summed E-state index contributed by atoms with van der Waals surface area (Å²) in [7, 11) is 0. The van der Waals surface area contributed by atoms with Crippen LogP contribution in [-0.2, 0) is 0 Å². The van der Waals surface area contributed by atoms with Gasteiger partial charge in [-0.25, -0.2) is 9.97 Å². The molecule has 0 fully saturated rings. The van der Waals surface area contributed by atoms with E-state index in [4.69, 9.17) is 15.0 Å². The van der Waals surface area contributed by atoms with Crippen molar-refractivity contribution in [3.8, 4) is 73.4 Å². The molecule has 0 atom stereocenters. The van der Waals surface area contributed by atoms with Gasteiger partial charge in [-0.1, -0.05) is 60.7 Å². The van der Waals surface area contributed by atoms with Crippen LogP contribution in [0.5, 0.6) is 0 Å². The van der Waals surface area contributed by atoms with Crippen LogP contribution in [0.2, 0.25) is 0 Å². The van der Waals surface area contributed by atoms with Gasteiger partial charge in [0.25, 0.3) is 0 Å². The molecular weight excluding hydrogens is 687 g/mol. The van der Waals surface area contributed by atoms with E-state index >= 15 is 0 Å². The van der Waals surface area contributed by atoms with Crippen molar-refractivity contribution in [3.63, 3.8) is 0 Å². The van der Waals surface area contributed by atoms with E-state index in [1.165, 1.54) is 16.5 Å². The van der Waals surface area contributed by atoms with Gasteiger partial charge >= 0.3 is 0 Å². The van der Waals surface area contributed by atoms with Gasteiger partial charge in [0.2, 0.25) is 0 Å². The third-order valence-corrected chi connectivity index (χ3v) is 10.5. The fraction of sp³-hybridized carbons (Fsp3) is 0. The van der Waals surface area contributed by atoms with E-state index in [9.17, 15) is 0 Å². The number of aromatic amines is 1. The van der Waals surface area contributed by atoms with E-state index in [0.29, 0.717) is 0 Å². The zero-order chi connectivity index (χ0) is 37.0. The van der Waals surface area contributed by atoms with E-state index in [-0.39, 0.29) is 0 Å². The zero-order valence-electron chi connectivity index (χ0n) is 30.0. The smallest absolute Gasteiger partial charge is 0.0963 e. The maximum Gasteiger partial charge on any atom is 0.0963 e. The van der Waals surface area contributed by atoms with Crippen molar-refractivity contribution in [2.24, 2.45) is 0 Å². The van der Waals surface area contributed by atoms with Crippen LogP contribution in [-0.4, -0.2) is 34.5 Å². The number of benzene rings is 3. The summed E-state index contributed by atoms with van der Waals surface area (Å²) < 4.78 is 2.32. The Morgan fingerprint density at radius 2 is 1.07 bits per heavy atom. The van der Waals surface area contributed by atoms with E-state index in [1.54, 1.807) is 12.4 Å². The summed E-state index contributed by atoms with van der Waals surface area (Å²) >= 11 is 0. The SMILES string of the molecule is c1ccc(-c2cccc(-c3ccc4c(-c5cccc(-n6c7ccc(-c8cccc(-c9ccccn9)n8)cc7c7ncccc76)c5)c5ccc[nH]c-5c4c3)n2)nc1. The van der Waals surface area contributed by atoms with Crippen LogP contribution >= 0.6 is 0 Å². The molecule has 0 spiro atoms. The molecule has 6 aromatic heterocycles. The third kappa shape index (κ3) is 5.25. The molecule has 0 bridgehead atoms. The minimum atomic E-state index is 0.841. The van der Waals surface area contributed by atoms with Crippen molar-refractivity contribution in [2.45, 2.75) is 0 Å². The summed E-state index contributed by atoms with van der Waals surface area (Å²) in [6, 6.07) is 54.5. The topological polar surface area (TPSA) is 85.2 Å². The second-order valence-electron chi connectivity index (χ2n) is 13.8. The molecule has 0 radical (unpaired) electrons. The highest BCUT2D eigenvalue weighted by molar-refractivity contribution is 6.15. The number of nitrogens with one attached hydrogen (secondary N) is 1.